The smallest absolute Gasteiger partial charge is 0.341 e. The molecule has 0 saturated carbocycles. The maximum absolute atomic E-state index is 12.6. The van der Waals surface area contributed by atoms with Gasteiger partial charge < -0.3 is 15.4 Å². The first-order valence-corrected chi connectivity index (χ1v) is 13.1. The first kappa shape index (κ1) is 24.2. The molecule has 2 aromatic heterocycles. The zero-order valence-electron chi connectivity index (χ0n) is 18.1. The van der Waals surface area contributed by atoms with Crippen LogP contribution < -0.4 is 10.6 Å². The van der Waals surface area contributed by atoms with Crippen LogP contribution in [0.15, 0.2) is 34.9 Å². The Bertz CT molecular complexity index is 1180. The van der Waals surface area contributed by atoms with Crippen molar-refractivity contribution in [2.45, 2.75) is 45.1 Å². The average Bonchev–Trinajstić information content (AvgIpc) is 3.28. The molecule has 1 aromatic carbocycles. The van der Waals surface area contributed by atoms with Crippen molar-refractivity contribution in [2.24, 2.45) is 0 Å². The van der Waals surface area contributed by atoms with Gasteiger partial charge in [0.1, 0.15) is 5.00 Å². The quantitative estimate of drug-likeness (QED) is 0.265. The largest absolute Gasteiger partial charge is 0.465 e. The molecule has 0 saturated heterocycles. The number of thiophene rings is 1. The van der Waals surface area contributed by atoms with Crippen LogP contribution in [0.2, 0.25) is 5.02 Å². The van der Waals surface area contributed by atoms with Gasteiger partial charge in [-0.1, -0.05) is 42.6 Å². The highest BCUT2D eigenvalue weighted by molar-refractivity contribution is 9.10. The van der Waals surface area contributed by atoms with Gasteiger partial charge in [-0.05, 0) is 71.0 Å². The van der Waals surface area contributed by atoms with Crippen LogP contribution in [0.4, 0.5) is 10.8 Å². The van der Waals surface area contributed by atoms with E-state index < -0.39 is 0 Å². The van der Waals surface area contributed by atoms with Crippen LogP contribution in [0.5, 0.6) is 0 Å². The number of hydrogen-bond acceptors (Lipinski definition) is 5. The molecule has 0 atom stereocenters. The summed E-state index contributed by atoms with van der Waals surface area (Å²) in [5.74, 6) is 0.248. The molecule has 0 spiro atoms. The number of hydrogen-bond donors (Lipinski definition) is 2. The monoisotopic (exact) mass is 566 g/mol. The van der Waals surface area contributed by atoms with E-state index in [9.17, 15) is 4.79 Å². The molecule has 0 unspecified atom stereocenters. The Morgan fingerprint density at radius 3 is 2.76 bits per heavy atom. The van der Waals surface area contributed by atoms with Crippen molar-refractivity contribution in [3.05, 3.63) is 61.5 Å². The standard InChI is InChI=1S/C23H24BrClN4O2S2/c1-31-22(30)19-15-9-4-2-3-5-11-18(15)33-21(19)27-23(32)26-20-16(24)13-29(28-20)12-14-8-6-7-10-17(14)25/h6-8,10,13H,2-5,9,11-12H2,1H3,(H2,26,27,28,32). The number of methoxy groups -OCH3 is 1. The third-order valence-electron chi connectivity index (χ3n) is 5.53. The average molecular weight is 568 g/mol. The number of thiocarbonyl (C=S) groups is 1. The molecule has 6 nitrogen and oxygen atoms in total. The number of aromatic nitrogens is 2. The van der Waals surface area contributed by atoms with Gasteiger partial charge in [0.2, 0.25) is 0 Å². The van der Waals surface area contributed by atoms with E-state index in [0.29, 0.717) is 28.1 Å². The zero-order valence-corrected chi connectivity index (χ0v) is 22.1. The van der Waals surface area contributed by atoms with Crippen molar-refractivity contribution in [1.29, 1.82) is 0 Å². The van der Waals surface area contributed by atoms with Crippen LogP contribution in [0, 0.1) is 0 Å². The summed E-state index contributed by atoms with van der Waals surface area (Å²) in [5.41, 5.74) is 2.68. The van der Waals surface area contributed by atoms with Gasteiger partial charge in [-0.15, -0.1) is 11.3 Å². The van der Waals surface area contributed by atoms with Crippen molar-refractivity contribution in [1.82, 2.24) is 9.78 Å². The lowest BCUT2D eigenvalue weighted by Gasteiger charge is -2.11. The molecule has 4 rings (SSSR count). The second-order valence-electron chi connectivity index (χ2n) is 7.81. The number of ether oxygens (including phenoxy) is 1. The highest BCUT2D eigenvalue weighted by Crippen LogP contribution is 2.37. The van der Waals surface area contributed by atoms with Crippen LogP contribution in [0.1, 0.15) is 52.0 Å². The van der Waals surface area contributed by atoms with Crippen LogP contribution in [0.25, 0.3) is 0 Å². The van der Waals surface area contributed by atoms with Gasteiger partial charge in [-0.3, -0.25) is 4.68 Å². The molecule has 0 amide bonds. The van der Waals surface area contributed by atoms with Gasteiger partial charge in [0.25, 0.3) is 0 Å². The molecular formula is C23H24BrClN4O2S2. The molecule has 33 heavy (non-hydrogen) atoms. The molecule has 0 aliphatic heterocycles. The fraction of sp³-hybridized carbons (Fsp3) is 0.348. The van der Waals surface area contributed by atoms with E-state index in [1.807, 2.05) is 30.5 Å². The predicted octanol–water partition coefficient (Wildman–Crippen LogP) is 6.66. The minimum absolute atomic E-state index is 0.330. The number of benzene rings is 1. The van der Waals surface area contributed by atoms with Crippen molar-refractivity contribution in [3.8, 4) is 0 Å². The normalized spacial score (nSPS) is 13.5. The van der Waals surface area contributed by atoms with Crippen molar-refractivity contribution >= 4 is 73.0 Å². The van der Waals surface area contributed by atoms with Crippen molar-refractivity contribution in [2.75, 3.05) is 17.7 Å². The lowest BCUT2D eigenvalue weighted by molar-refractivity contribution is 0.0601. The fourth-order valence-corrected chi connectivity index (χ4v) is 6.09. The Labute approximate surface area is 215 Å². The number of anilines is 2. The van der Waals surface area contributed by atoms with Crippen LogP contribution in [-0.2, 0) is 24.1 Å². The highest BCUT2D eigenvalue weighted by atomic mass is 79.9. The third-order valence-corrected chi connectivity index (χ3v) is 7.89. The number of fused-ring (bicyclic) bond motifs is 1. The van der Waals surface area contributed by atoms with Gasteiger partial charge in [0.05, 0.1) is 23.7 Å². The van der Waals surface area contributed by atoms with Gasteiger partial charge in [0, 0.05) is 16.1 Å². The molecule has 174 valence electrons. The molecule has 3 aromatic rings. The minimum atomic E-state index is -0.330. The molecule has 1 aliphatic carbocycles. The number of rotatable bonds is 5. The Balaban J connectivity index is 1.51. The summed E-state index contributed by atoms with van der Waals surface area (Å²) in [6.07, 6.45) is 8.34. The number of aryl methyl sites for hydroxylation is 1. The van der Waals surface area contributed by atoms with E-state index in [4.69, 9.17) is 28.6 Å². The summed E-state index contributed by atoms with van der Waals surface area (Å²) in [6.45, 7) is 0.532. The van der Waals surface area contributed by atoms with E-state index in [-0.39, 0.29) is 5.97 Å². The van der Waals surface area contributed by atoms with E-state index in [1.165, 1.54) is 24.8 Å². The summed E-state index contributed by atoms with van der Waals surface area (Å²) in [4.78, 5) is 13.9. The fourth-order valence-electron chi connectivity index (χ4n) is 3.93. The van der Waals surface area contributed by atoms with Gasteiger partial charge in [-0.25, -0.2) is 4.79 Å². The molecule has 2 heterocycles. The van der Waals surface area contributed by atoms with Crippen LogP contribution in [-0.4, -0.2) is 28.0 Å². The van der Waals surface area contributed by atoms with Gasteiger partial charge in [0.15, 0.2) is 10.9 Å². The number of halogens is 2. The van der Waals surface area contributed by atoms with Crippen molar-refractivity contribution in [3.63, 3.8) is 0 Å². The minimum Gasteiger partial charge on any atom is -0.465 e. The predicted molar refractivity (Wildman–Crippen MR) is 142 cm³/mol. The number of esters is 1. The Kier molecular flexibility index (Phi) is 8.06. The molecule has 0 radical (unpaired) electrons. The maximum atomic E-state index is 12.6. The van der Waals surface area contributed by atoms with Crippen LogP contribution in [0.3, 0.4) is 0 Å². The lowest BCUT2D eigenvalue weighted by Crippen LogP contribution is -2.21. The summed E-state index contributed by atoms with van der Waals surface area (Å²) in [6, 6.07) is 7.67. The number of carbonyl (C=O) groups excluding carboxylic acids is 1. The summed E-state index contributed by atoms with van der Waals surface area (Å²) in [7, 11) is 1.42. The highest BCUT2D eigenvalue weighted by Gasteiger charge is 2.25. The third kappa shape index (κ3) is 5.77. The Hall–Kier alpha value is -1.94. The number of nitrogens with zero attached hydrogens (tertiary/aromatic N) is 2. The zero-order chi connectivity index (χ0) is 23.4. The molecule has 0 bridgehead atoms. The lowest BCUT2D eigenvalue weighted by atomic mass is 9.96. The second-order valence-corrected chi connectivity index (χ2v) is 10.6. The number of carbonyl (C=O) groups is 1. The van der Waals surface area contributed by atoms with E-state index >= 15 is 0 Å². The summed E-state index contributed by atoms with van der Waals surface area (Å²) >= 11 is 17.0. The molecule has 2 N–H and O–H groups in total. The summed E-state index contributed by atoms with van der Waals surface area (Å²) < 4.78 is 7.65. The maximum Gasteiger partial charge on any atom is 0.341 e. The first-order chi connectivity index (χ1) is 16.0. The topological polar surface area (TPSA) is 68.2 Å². The molecule has 0 fully saturated rings. The van der Waals surface area contributed by atoms with E-state index in [0.717, 1.165) is 46.3 Å². The molecule has 1 aliphatic rings. The SMILES string of the molecule is COC(=O)c1c(NC(=S)Nc2nn(Cc3ccccc3Cl)cc2Br)sc2c1CCCCCC2. The Morgan fingerprint density at radius 2 is 2.00 bits per heavy atom. The van der Waals surface area contributed by atoms with E-state index in [2.05, 4.69) is 31.7 Å². The molecular weight excluding hydrogens is 544 g/mol. The Morgan fingerprint density at radius 1 is 1.24 bits per heavy atom. The summed E-state index contributed by atoms with van der Waals surface area (Å²) in [5, 5.41) is 12.7. The molecule has 10 heteroatoms. The van der Waals surface area contributed by atoms with Gasteiger partial charge >= 0.3 is 5.97 Å². The van der Waals surface area contributed by atoms with E-state index in [1.54, 1.807) is 16.0 Å². The van der Waals surface area contributed by atoms with Gasteiger partial charge in [-0.2, -0.15) is 5.10 Å². The first-order valence-electron chi connectivity index (χ1n) is 10.7. The van der Waals surface area contributed by atoms with Crippen LogP contribution >= 0.6 is 51.1 Å². The second kappa shape index (κ2) is 11.0. The van der Waals surface area contributed by atoms with Crippen molar-refractivity contribution < 1.29 is 9.53 Å². The number of nitrogens with one attached hydrogen (secondary N) is 2.